The first-order chi connectivity index (χ1) is 8.22. The lowest BCUT2D eigenvalue weighted by molar-refractivity contribution is 0.321. The van der Waals surface area contributed by atoms with Crippen LogP contribution in [0.2, 0.25) is 0 Å². The molecule has 2 nitrogen and oxygen atoms in total. The second-order valence-corrected chi connectivity index (χ2v) is 5.10. The van der Waals surface area contributed by atoms with Gasteiger partial charge < -0.3 is 4.90 Å². The fourth-order valence-electron chi connectivity index (χ4n) is 2.86. The zero-order chi connectivity index (χ0) is 12.3. The number of anilines is 1. The van der Waals surface area contributed by atoms with E-state index >= 15 is 0 Å². The monoisotopic (exact) mass is 228 g/mol. The molecule has 2 atom stereocenters. The first-order valence-corrected chi connectivity index (χ1v) is 6.45. The topological polar surface area (TPSA) is 27.0 Å². The van der Waals surface area contributed by atoms with Gasteiger partial charge >= 0.3 is 0 Å². The van der Waals surface area contributed by atoms with E-state index in [1.807, 2.05) is 18.2 Å². The minimum absolute atomic E-state index is 0.623. The molecule has 17 heavy (non-hydrogen) atoms. The van der Waals surface area contributed by atoms with Crippen LogP contribution in [0.4, 0.5) is 5.69 Å². The Morgan fingerprint density at radius 1 is 1.29 bits per heavy atom. The number of nitriles is 1. The molecule has 0 spiro atoms. The van der Waals surface area contributed by atoms with E-state index in [9.17, 15) is 0 Å². The summed E-state index contributed by atoms with van der Waals surface area (Å²) in [4.78, 5) is 2.35. The summed E-state index contributed by atoms with van der Waals surface area (Å²) in [6, 6.07) is 10.8. The lowest BCUT2D eigenvalue weighted by Crippen LogP contribution is -2.38. The van der Waals surface area contributed by atoms with Crippen LogP contribution in [-0.4, -0.2) is 13.1 Å². The first kappa shape index (κ1) is 12.0. The average molecular weight is 228 g/mol. The number of hydrogen-bond donors (Lipinski definition) is 0. The fourth-order valence-corrected chi connectivity index (χ4v) is 2.86. The summed E-state index contributed by atoms with van der Waals surface area (Å²) in [5.41, 5.74) is 1.92. The summed E-state index contributed by atoms with van der Waals surface area (Å²) in [5.74, 6) is 0.750. The van der Waals surface area contributed by atoms with E-state index in [4.69, 9.17) is 5.26 Å². The van der Waals surface area contributed by atoms with Crippen LogP contribution >= 0.6 is 0 Å². The Bertz CT molecular complexity index is 419. The lowest BCUT2D eigenvalue weighted by atomic mass is 9.85. The molecule has 1 fully saturated rings. The molecule has 0 aromatic heterocycles. The number of benzene rings is 1. The maximum absolute atomic E-state index is 8.94. The molecule has 1 aliphatic rings. The predicted molar refractivity (Wildman–Crippen MR) is 71.0 cm³/mol. The van der Waals surface area contributed by atoms with Gasteiger partial charge in [-0.05, 0) is 37.0 Å². The summed E-state index contributed by atoms with van der Waals surface area (Å²) in [6.07, 6.45) is 5.29. The summed E-state index contributed by atoms with van der Waals surface area (Å²) < 4.78 is 0. The van der Waals surface area contributed by atoms with Crippen molar-refractivity contribution in [2.45, 2.75) is 38.6 Å². The molecular weight excluding hydrogens is 208 g/mol. The van der Waals surface area contributed by atoms with Crippen LogP contribution in [0, 0.1) is 17.2 Å². The highest BCUT2D eigenvalue weighted by atomic mass is 15.1. The van der Waals surface area contributed by atoms with Crippen LogP contribution in [0.5, 0.6) is 0 Å². The highest BCUT2D eigenvalue weighted by Crippen LogP contribution is 2.30. The Labute approximate surface area is 104 Å². The van der Waals surface area contributed by atoms with Crippen molar-refractivity contribution in [3.63, 3.8) is 0 Å². The molecule has 0 bridgehead atoms. The predicted octanol–water partition coefficient (Wildman–Crippen LogP) is 3.57. The van der Waals surface area contributed by atoms with Crippen molar-refractivity contribution >= 4 is 5.69 Å². The Morgan fingerprint density at radius 2 is 2.06 bits per heavy atom. The molecule has 1 aromatic carbocycles. The highest BCUT2D eigenvalue weighted by molar-refractivity contribution is 5.51. The highest BCUT2D eigenvalue weighted by Gasteiger charge is 2.25. The molecule has 0 radical (unpaired) electrons. The van der Waals surface area contributed by atoms with Gasteiger partial charge in [0.1, 0.15) is 0 Å². The molecule has 2 rings (SSSR count). The van der Waals surface area contributed by atoms with Crippen LogP contribution in [0.15, 0.2) is 24.3 Å². The summed E-state index contributed by atoms with van der Waals surface area (Å²) in [7, 11) is 2.16. The zero-order valence-corrected chi connectivity index (χ0v) is 10.7. The molecule has 1 saturated carbocycles. The zero-order valence-electron chi connectivity index (χ0n) is 10.7. The third kappa shape index (κ3) is 2.61. The van der Waals surface area contributed by atoms with E-state index in [0.717, 1.165) is 11.5 Å². The SMILES string of the molecule is CC1CCCCC1N(C)c1cccc(C#N)c1. The molecule has 2 heteroatoms. The number of rotatable bonds is 2. The van der Waals surface area contributed by atoms with E-state index in [0.29, 0.717) is 6.04 Å². The van der Waals surface area contributed by atoms with Crippen LogP contribution in [0.1, 0.15) is 38.2 Å². The van der Waals surface area contributed by atoms with E-state index in [-0.39, 0.29) is 0 Å². The number of nitrogens with zero attached hydrogens (tertiary/aromatic N) is 2. The minimum atomic E-state index is 0.623. The lowest BCUT2D eigenvalue weighted by Gasteiger charge is -2.37. The van der Waals surface area contributed by atoms with Crippen LogP contribution in [0.3, 0.4) is 0 Å². The van der Waals surface area contributed by atoms with Gasteiger partial charge in [0, 0.05) is 18.8 Å². The van der Waals surface area contributed by atoms with Crippen molar-refractivity contribution in [3.8, 4) is 6.07 Å². The Kier molecular flexibility index (Phi) is 3.68. The van der Waals surface area contributed by atoms with Gasteiger partial charge in [0.25, 0.3) is 0 Å². The van der Waals surface area contributed by atoms with Crippen molar-refractivity contribution in [3.05, 3.63) is 29.8 Å². The van der Waals surface area contributed by atoms with Gasteiger partial charge in [0.15, 0.2) is 0 Å². The first-order valence-electron chi connectivity index (χ1n) is 6.45. The van der Waals surface area contributed by atoms with E-state index in [2.05, 4.69) is 31.0 Å². The Morgan fingerprint density at radius 3 is 2.76 bits per heavy atom. The molecule has 1 aliphatic carbocycles. The Balaban J connectivity index is 2.18. The van der Waals surface area contributed by atoms with Crippen molar-refractivity contribution < 1.29 is 0 Å². The number of hydrogen-bond acceptors (Lipinski definition) is 2. The molecule has 0 amide bonds. The van der Waals surface area contributed by atoms with Crippen molar-refractivity contribution in [1.29, 1.82) is 5.26 Å². The van der Waals surface area contributed by atoms with Gasteiger partial charge in [-0.2, -0.15) is 5.26 Å². The Hall–Kier alpha value is -1.49. The molecular formula is C15H20N2. The van der Waals surface area contributed by atoms with Crippen LogP contribution in [-0.2, 0) is 0 Å². The molecule has 1 aromatic rings. The summed E-state index contributed by atoms with van der Waals surface area (Å²) in [5, 5.41) is 8.94. The van der Waals surface area contributed by atoms with Gasteiger partial charge in [0.2, 0.25) is 0 Å². The average Bonchev–Trinajstić information content (AvgIpc) is 2.38. The smallest absolute Gasteiger partial charge is 0.0992 e. The van der Waals surface area contributed by atoms with Crippen molar-refractivity contribution in [2.75, 3.05) is 11.9 Å². The standard InChI is InChI=1S/C15H20N2/c1-12-6-3-4-9-15(12)17(2)14-8-5-7-13(10-14)11-16/h5,7-8,10,12,15H,3-4,6,9H2,1-2H3. The van der Waals surface area contributed by atoms with Gasteiger partial charge in [-0.1, -0.05) is 25.8 Å². The maximum Gasteiger partial charge on any atom is 0.0992 e. The van der Waals surface area contributed by atoms with Crippen LogP contribution < -0.4 is 4.90 Å². The molecule has 0 aliphatic heterocycles. The summed E-state index contributed by atoms with van der Waals surface area (Å²) >= 11 is 0. The fraction of sp³-hybridized carbons (Fsp3) is 0.533. The second kappa shape index (κ2) is 5.23. The van der Waals surface area contributed by atoms with Gasteiger partial charge in [0.05, 0.1) is 11.6 Å². The van der Waals surface area contributed by atoms with Gasteiger partial charge in [-0.3, -0.25) is 0 Å². The van der Waals surface area contributed by atoms with Crippen molar-refractivity contribution in [2.24, 2.45) is 5.92 Å². The van der Waals surface area contributed by atoms with Gasteiger partial charge in [-0.15, -0.1) is 0 Å². The third-order valence-electron chi connectivity index (χ3n) is 3.95. The minimum Gasteiger partial charge on any atom is -0.371 e. The molecule has 0 saturated heterocycles. The van der Waals surface area contributed by atoms with E-state index in [1.54, 1.807) is 0 Å². The molecule has 90 valence electrons. The third-order valence-corrected chi connectivity index (χ3v) is 3.95. The molecule has 2 unspecified atom stereocenters. The van der Waals surface area contributed by atoms with Crippen molar-refractivity contribution in [1.82, 2.24) is 0 Å². The normalized spacial score (nSPS) is 24.1. The van der Waals surface area contributed by atoms with Gasteiger partial charge in [-0.25, -0.2) is 0 Å². The quantitative estimate of drug-likeness (QED) is 0.773. The van der Waals surface area contributed by atoms with E-state index < -0.39 is 0 Å². The second-order valence-electron chi connectivity index (χ2n) is 5.10. The molecule has 0 heterocycles. The molecule has 0 N–H and O–H groups in total. The maximum atomic E-state index is 8.94. The van der Waals surface area contributed by atoms with E-state index in [1.165, 1.54) is 31.4 Å². The van der Waals surface area contributed by atoms with Crippen LogP contribution in [0.25, 0.3) is 0 Å². The largest absolute Gasteiger partial charge is 0.371 e. The summed E-state index contributed by atoms with van der Waals surface area (Å²) in [6.45, 7) is 2.34.